The van der Waals surface area contributed by atoms with Crippen molar-refractivity contribution in [2.24, 2.45) is 0 Å². The zero-order chi connectivity index (χ0) is 15.4. The first kappa shape index (κ1) is 14.4. The van der Waals surface area contributed by atoms with Crippen LogP contribution in [0, 0.1) is 5.82 Å². The number of pyridine rings is 1. The average Bonchev–Trinajstić information content (AvgIpc) is 3.04. The number of halogens is 1. The summed E-state index contributed by atoms with van der Waals surface area (Å²) in [5.41, 5.74) is 1.71. The van der Waals surface area contributed by atoms with Crippen molar-refractivity contribution >= 4 is 17.2 Å². The number of hydrogen-bond acceptors (Lipinski definition) is 3. The maximum Gasteiger partial charge on any atom is 0.261 e. The Morgan fingerprint density at radius 1 is 1.09 bits per heavy atom. The number of hydrogen-bond donors (Lipinski definition) is 1. The van der Waals surface area contributed by atoms with Gasteiger partial charge < -0.3 is 5.32 Å². The Hall–Kier alpha value is -2.53. The van der Waals surface area contributed by atoms with Crippen LogP contribution >= 0.6 is 11.3 Å². The molecule has 5 heteroatoms. The van der Waals surface area contributed by atoms with Crippen LogP contribution in [0.5, 0.6) is 0 Å². The van der Waals surface area contributed by atoms with Gasteiger partial charge in [-0.25, -0.2) is 4.39 Å². The first-order valence-electron chi connectivity index (χ1n) is 6.76. The molecule has 0 spiro atoms. The van der Waals surface area contributed by atoms with Gasteiger partial charge >= 0.3 is 0 Å². The summed E-state index contributed by atoms with van der Waals surface area (Å²) in [7, 11) is 0. The van der Waals surface area contributed by atoms with Crippen LogP contribution < -0.4 is 5.32 Å². The molecule has 0 saturated carbocycles. The first-order chi connectivity index (χ1) is 10.7. The molecule has 0 atom stereocenters. The van der Waals surface area contributed by atoms with Crippen LogP contribution in [-0.4, -0.2) is 10.9 Å². The molecule has 0 aliphatic heterocycles. The van der Waals surface area contributed by atoms with Gasteiger partial charge in [0, 0.05) is 11.1 Å². The maximum absolute atomic E-state index is 12.9. The molecule has 2 heterocycles. The number of amides is 1. The molecule has 3 rings (SSSR count). The molecule has 2 aromatic heterocycles. The number of thiophene rings is 1. The lowest BCUT2D eigenvalue weighted by atomic mass is 10.2. The van der Waals surface area contributed by atoms with E-state index in [1.807, 2.05) is 24.3 Å². The lowest BCUT2D eigenvalue weighted by Crippen LogP contribution is -2.22. The number of rotatable bonds is 4. The molecule has 110 valence electrons. The number of carbonyl (C=O) groups excluding carboxylic acids is 1. The van der Waals surface area contributed by atoms with E-state index in [-0.39, 0.29) is 11.7 Å². The van der Waals surface area contributed by atoms with E-state index in [2.05, 4.69) is 10.3 Å². The Morgan fingerprint density at radius 3 is 2.64 bits per heavy atom. The Balaban J connectivity index is 1.68. The largest absolute Gasteiger partial charge is 0.346 e. The summed E-state index contributed by atoms with van der Waals surface area (Å²) in [6.45, 7) is 0.392. The standard InChI is InChI=1S/C17H13FN2OS/c18-13-6-4-12(5-7-13)15-8-9-16(22-15)17(21)20-11-14-3-1-2-10-19-14/h1-10H,11H2,(H,20,21). The fourth-order valence-corrected chi connectivity index (χ4v) is 2.92. The summed E-state index contributed by atoms with van der Waals surface area (Å²) in [6.07, 6.45) is 1.69. The van der Waals surface area contributed by atoms with Crippen molar-refractivity contribution < 1.29 is 9.18 Å². The molecule has 1 N–H and O–H groups in total. The second-order valence-electron chi connectivity index (χ2n) is 4.67. The predicted octanol–water partition coefficient (Wildman–Crippen LogP) is 3.88. The lowest BCUT2D eigenvalue weighted by Gasteiger charge is -2.02. The van der Waals surface area contributed by atoms with Crippen molar-refractivity contribution in [3.63, 3.8) is 0 Å². The van der Waals surface area contributed by atoms with Crippen LogP contribution in [0.2, 0.25) is 0 Å². The highest BCUT2D eigenvalue weighted by molar-refractivity contribution is 7.17. The smallest absolute Gasteiger partial charge is 0.261 e. The monoisotopic (exact) mass is 312 g/mol. The van der Waals surface area contributed by atoms with E-state index in [0.29, 0.717) is 11.4 Å². The summed E-state index contributed by atoms with van der Waals surface area (Å²) in [5.74, 6) is -0.405. The summed E-state index contributed by atoms with van der Waals surface area (Å²) < 4.78 is 12.9. The molecule has 0 aliphatic rings. The molecule has 0 bridgehead atoms. The van der Waals surface area contributed by atoms with E-state index in [1.54, 1.807) is 24.4 Å². The van der Waals surface area contributed by atoms with Gasteiger partial charge in [0.15, 0.2) is 0 Å². The molecule has 1 amide bonds. The third-order valence-corrected chi connectivity index (χ3v) is 4.25. The van der Waals surface area contributed by atoms with E-state index >= 15 is 0 Å². The van der Waals surface area contributed by atoms with Crippen LogP contribution in [0.25, 0.3) is 10.4 Å². The average molecular weight is 312 g/mol. The first-order valence-corrected chi connectivity index (χ1v) is 7.58. The van der Waals surface area contributed by atoms with Crippen molar-refractivity contribution in [1.82, 2.24) is 10.3 Å². The minimum atomic E-state index is -0.270. The molecule has 0 radical (unpaired) electrons. The van der Waals surface area contributed by atoms with Crippen LogP contribution in [-0.2, 0) is 6.54 Å². The minimum absolute atomic E-state index is 0.135. The highest BCUT2D eigenvalue weighted by Gasteiger charge is 2.10. The molecule has 0 unspecified atom stereocenters. The van der Waals surface area contributed by atoms with Gasteiger partial charge in [-0.1, -0.05) is 18.2 Å². The summed E-state index contributed by atoms with van der Waals surface area (Å²) in [5, 5.41) is 2.84. The Labute approximate surface area is 131 Å². The second-order valence-corrected chi connectivity index (χ2v) is 5.76. The molecule has 0 saturated heterocycles. The molecule has 1 aromatic carbocycles. The molecular formula is C17H13FN2OS. The van der Waals surface area contributed by atoms with Gasteiger partial charge in [-0.2, -0.15) is 0 Å². The number of benzene rings is 1. The Morgan fingerprint density at radius 2 is 1.91 bits per heavy atom. The SMILES string of the molecule is O=C(NCc1ccccn1)c1ccc(-c2ccc(F)cc2)s1. The number of carbonyl (C=O) groups is 1. The molecule has 0 fully saturated rings. The fraction of sp³-hybridized carbons (Fsp3) is 0.0588. The van der Waals surface area contributed by atoms with E-state index in [0.717, 1.165) is 16.1 Å². The van der Waals surface area contributed by atoms with E-state index < -0.39 is 0 Å². The zero-order valence-electron chi connectivity index (χ0n) is 11.6. The number of nitrogens with one attached hydrogen (secondary N) is 1. The van der Waals surface area contributed by atoms with E-state index in [4.69, 9.17) is 0 Å². The number of nitrogens with zero attached hydrogens (tertiary/aromatic N) is 1. The van der Waals surface area contributed by atoms with Gasteiger partial charge in [0.25, 0.3) is 5.91 Å². The van der Waals surface area contributed by atoms with Crippen LogP contribution in [0.4, 0.5) is 4.39 Å². The van der Waals surface area contributed by atoms with Gasteiger partial charge in [-0.05, 0) is 42.0 Å². The van der Waals surface area contributed by atoms with Gasteiger partial charge in [0.1, 0.15) is 5.82 Å². The second kappa shape index (κ2) is 6.49. The summed E-state index contributed by atoms with van der Waals surface area (Å²) in [4.78, 5) is 17.8. The van der Waals surface area contributed by atoms with Gasteiger partial charge in [-0.15, -0.1) is 11.3 Å². The summed E-state index contributed by atoms with van der Waals surface area (Å²) >= 11 is 1.38. The number of aromatic nitrogens is 1. The normalized spacial score (nSPS) is 10.4. The Kier molecular flexibility index (Phi) is 4.25. The zero-order valence-corrected chi connectivity index (χ0v) is 12.4. The van der Waals surface area contributed by atoms with Crippen molar-refractivity contribution in [3.05, 3.63) is 77.2 Å². The third kappa shape index (κ3) is 3.38. The van der Waals surface area contributed by atoms with Crippen LogP contribution in [0.15, 0.2) is 60.8 Å². The van der Waals surface area contributed by atoms with E-state index in [9.17, 15) is 9.18 Å². The molecular weight excluding hydrogens is 299 g/mol. The fourth-order valence-electron chi connectivity index (χ4n) is 1.99. The molecule has 3 aromatic rings. The van der Waals surface area contributed by atoms with Gasteiger partial charge in [0.2, 0.25) is 0 Å². The highest BCUT2D eigenvalue weighted by Crippen LogP contribution is 2.28. The summed E-state index contributed by atoms with van der Waals surface area (Å²) in [6, 6.07) is 15.5. The predicted molar refractivity (Wildman–Crippen MR) is 85.1 cm³/mol. The van der Waals surface area contributed by atoms with Crippen molar-refractivity contribution in [1.29, 1.82) is 0 Å². The van der Waals surface area contributed by atoms with Gasteiger partial charge in [0.05, 0.1) is 17.1 Å². The Bertz CT molecular complexity index is 769. The van der Waals surface area contributed by atoms with Crippen LogP contribution in [0.1, 0.15) is 15.4 Å². The molecule has 22 heavy (non-hydrogen) atoms. The van der Waals surface area contributed by atoms with Crippen LogP contribution in [0.3, 0.4) is 0 Å². The van der Waals surface area contributed by atoms with E-state index in [1.165, 1.54) is 23.5 Å². The maximum atomic E-state index is 12.9. The molecule has 3 nitrogen and oxygen atoms in total. The minimum Gasteiger partial charge on any atom is -0.346 e. The topological polar surface area (TPSA) is 42.0 Å². The van der Waals surface area contributed by atoms with Crippen molar-refractivity contribution in [3.8, 4) is 10.4 Å². The third-order valence-electron chi connectivity index (χ3n) is 3.11. The molecule has 0 aliphatic carbocycles. The van der Waals surface area contributed by atoms with Gasteiger partial charge in [-0.3, -0.25) is 9.78 Å². The van der Waals surface area contributed by atoms with Crippen molar-refractivity contribution in [2.75, 3.05) is 0 Å². The van der Waals surface area contributed by atoms with Crippen molar-refractivity contribution in [2.45, 2.75) is 6.54 Å². The quantitative estimate of drug-likeness (QED) is 0.794. The lowest BCUT2D eigenvalue weighted by molar-refractivity contribution is 0.0954. The highest BCUT2D eigenvalue weighted by atomic mass is 32.1.